The summed E-state index contributed by atoms with van der Waals surface area (Å²) in [6, 6.07) is 22.3. The molecule has 21 heavy (non-hydrogen) atoms. The van der Waals surface area contributed by atoms with E-state index in [4.69, 9.17) is 0 Å². The first-order valence-corrected chi connectivity index (χ1v) is 7.10. The second-order valence-electron chi connectivity index (χ2n) is 5.46. The molecule has 0 heterocycles. The second-order valence-corrected chi connectivity index (χ2v) is 5.46. The van der Waals surface area contributed by atoms with Gasteiger partial charge >= 0.3 is 0 Å². The summed E-state index contributed by atoms with van der Waals surface area (Å²) in [6.07, 6.45) is 0. The average Bonchev–Trinajstić information content (AvgIpc) is 2.82. The summed E-state index contributed by atoms with van der Waals surface area (Å²) in [4.78, 5) is 12.6. The van der Waals surface area contributed by atoms with Crippen LogP contribution in [0, 0.1) is 6.92 Å². The fourth-order valence-electron chi connectivity index (χ4n) is 3.17. The monoisotopic (exact) mass is 270 g/mol. The zero-order valence-corrected chi connectivity index (χ0v) is 11.8. The van der Waals surface area contributed by atoms with Gasteiger partial charge < -0.3 is 0 Å². The highest BCUT2D eigenvalue weighted by molar-refractivity contribution is 6.22. The predicted molar refractivity (Wildman–Crippen MR) is 85.5 cm³/mol. The molecule has 1 heteroatoms. The van der Waals surface area contributed by atoms with Gasteiger partial charge in [-0.3, -0.25) is 4.79 Å². The number of hydrogen-bond acceptors (Lipinski definition) is 1. The van der Waals surface area contributed by atoms with E-state index in [1.807, 2.05) is 48.5 Å². The highest BCUT2D eigenvalue weighted by atomic mass is 16.1. The molecule has 0 unspecified atom stereocenters. The van der Waals surface area contributed by atoms with E-state index in [1.54, 1.807) is 0 Å². The van der Waals surface area contributed by atoms with E-state index in [1.165, 1.54) is 0 Å². The first-order chi connectivity index (χ1) is 10.3. The first kappa shape index (κ1) is 12.1. The molecule has 100 valence electrons. The molecule has 0 bridgehead atoms. The predicted octanol–water partition coefficient (Wildman–Crippen LogP) is 4.87. The van der Waals surface area contributed by atoms with Gasteiger partial charge in [0.15, 0.2) is 5.78 Å². The Hall–Kier alpha value is -2.67. The largest absolute Gasteiger partial charge is 0.289 e. The Morgan fingerprint density at radius 2 is 1.33 bits per heavy atom. The summed E-state index contributed by atoms with van der Waals surface area (Å²) in [6.45, 7) is 2.08. The molecule has 0 N–H and O–H groups in total. The van der Waals surface area contributed by atoms with Crippen LogP contribution in [0.5, 0.6) is 0 Å². The molecule has 0 aromatic heterocycles. The molecule has 1 nitrogen and oxygen atoms in total. The van der Waals surface area contributed by atoms with Gasteiger partial charge in [0.2, 0.25) is 0 Å². The van der Waals surface area contributed by atoms with E-state index < -0.39 is 0 Å². The first-order valence-electron chi connectivity index (χ1n) is 7.10. The number of carbonyl (C=O) groups is 1. The number of benzene rings is 3. The minimum absolute atomic E-state index is 0.140. The molecule has 0 spiro atoms. The Morgan fingerprint density at radius 1 is 0.667 bits per heavy atom. The number of aryl methyl sites for hydroxylation is 1. The zero-order chi connectivity index (χ0) is 14.4. The smallest absolute Gasteiger partial charge is 0.194 e. The third kappa shape index (κ3) is 1.74. The maximum absolute atomic E-state index is 12.6. The summed E-state index contributed by atoms with van der Waals surface area (Å²) in [5.41, 5.74) is 7.21. The third-order valence-corrected chi connectivity index (χ3v) is 4.13. The van der Waals surface area contributed by atoms with Gasteiger partial charge in [0.25, 0.3) is 0 Å². The molecule has 0 radical (unpaired) electrons. The number of rotatable bonds is 1. The van der Waals surface area contributed by atoms with Gasteiger partial charge in [0.05, 0.1) is 0 Å². The quantitative estimate of drug-likeness (QED) is 0.482. The van der Waals surface area contributed by atoms with Crippen molar-refractivity contribution in [3.05, 3.63) is 83.4 Å². The summed E-state index contributed by atoms with van der Waals surface area (Å²) in [7, 11) is 0. The molecular weight excluding hydrogens is 256 g/mol. The topological polar surface area (TPSA) is 17.1 Å². The van der Waals surface area contributed by atoms with E-state index >= 15 is 0 Å². The number of fused-ring (bicyclic) bond motifs is 3. The van der Waals surface area contributed by atoms with Crippen molar-refractivity contribution in [1.82, 2.24) is 0 Å². The van der Waals surface area contributed by atoms with Crippen LogP contribution in [0.1, 0.15) is 21.5 Å². The van der Waals surface area contributed by atoms with Gasteiger partial charge in [-0.1, -0.05) is 60.7 Å². The van der Waals surface area contributed by atoms with E-state index in [-0.39, 0.29) is 5.78 Å². The van der Waals surface area contributed by atoms with Crippen LogP contribution in [-0.2, 0) is 0 Å². The highest BCUT2D eigenvalue weighted by Crippen LogP contribution is 2.40. The van der Waals surface area contributed by atoms with Crippen molar-refractivity contribution in [2.75, 3.05) is 0 Å². The Bertz CT molecular complexity index is 860. The van der Waals surface area contributed by atoms with Crippen LogP contribution in [0.4, 0.5) is 0 Å². The van der Waals surface area contributed by atoms with Crippen LogP contribution in [-0.4, -0.2) is 5.78 Å². The number of carbonyl (C=O) groups excluding carboxylic acids is 1. The normalized spacial score (nSPS) is 12.1. The van der Waals surface area contributed by atoms with Crippen molar-refractivity contribution >= 4 is 5.78 Å². The van der Waals surface area contributed by atoms with Crippen LogP contribution in [0.25, 0.3) is 22.3 Å². The molecule has 0 saturated heterocycles. The van der Waals surface area contributed by atoms with E-state index in [2.05, 4.69) is 25.1 Å². The SMILES string of the molecule is Cc1cc(-c2ccccc2)cc2c1-c1ccccc1C2=O. The highest BCUT2D eigenvalue weighted by Gasteiger charge is 2.28. The molecule has 3 aromatic rings. The van der Waals surface area contributed by atoms with Crippen molar-refractivity contribution in [1.29, 1.82) is 0 Å². The average molecular weight is 270 g/mol. The Labute approximate surface area is 123 Å². The van der Waals surface area contributed by atoms with Crippen molar-refractivity contribution < 1.29 is 4.79 Å². The lowest BCUT2D eigenvalue weighted by Crippen LogP contribution is -1.96. The molecule has 0 saturated carbocycles. The fraction of sp³-hybridized carbons (Fsp3) is 0.0500. The molecule has 0 aliphatic heterocycles. The molecular formula is C20H14O. The van der Waals surface area contributed by atoms with Crippen molar-refractivity contribution in [2.45, 2.75) is 6.92 Å². The van der Waals surface area contributed by atoms with E-state index in [9.17, 15) is 4.79 Å². The Balaban J connectivity index is 1.98. The standard InChI is InChI=1S/C20H14O/c1-13-11-15(14-7-3-2-4-8-14)12-18-19(13)16-9-5-6-10-17(16)20(18)21/h2-12H,1H3. The maximum atomic E-state index is 12.6. The fourth-order valence-corrected chi connectivity index (χ4v) is 3.17. The Kier molecular flexibility index (Phi) is 2.55. The lowest BCUT2D eigenvalue weighted by atomic mass is 9.94. The summed E-state index contributed by atoms with van der Waals surface area (Å²) in [5, 5.41) is 0. The number of ketones is 1. The maximum Gasteiger partial charge on any atom is 0.194 e. The molecule has 0 amide bonds. The Morgan fingerprint density at radius 3 is 2.10 bits per heavy atom. The van der Waals surface area contributed by atoms with Crippen molar-refractivity contribution in [3.8, 4) is 22.3 Å². The summed E-state index contributed by atoms with van der Waals surface area (Å²) in [5.74, 6) is 0.140. The van der Waals surface area contributed by atoms with Gasteiger partial charge in [-0.25, -0.2) is 0 Å². The van der Waals surface area contributed by atoms with Gasteiger partial charge in [0, 0.05) is 11.1 Å². The third-order valence-electron chi connectivity index (χ3n) is 4.13. The van der Waals surface area contributed by atoms with Crippen molar-refractivity contribution in [3.63, 3.8) is 0 Å². The molecule has 1 aliphatic rings. The lowest BCUT2D eigenvalue weighted by Gasteiger charge is -2.09. The minimum Gasteiger partial charge on any atom is -0.289 e. The van der Waals surface area contributed by atoms with Crippen LogP contribution in [0.3, 0.4) is 0 Å². The van der Waals surface area contributed by atoms with Gasteiger partial charge in [0.1, 0.15) is 0 Å². The summed E-state index contributed by atoms with van der Waals surface area (Å²) >= 11 is 0. The van der Waals surface area contributed by atoms with Crippen LogP contribution >= 0.6 is 0 Å². The van der Waals surface area contributed by atoms with Crippen molar-refractivity contribution in [2.24, 2.45) is 0 Å². The molecule has 0 atom stereocenters. The molecule has 3 aromatic carbocycles. The lowest BCUT2D eigenvalue weighted by molar-refractivity contribution is 0.104. The van der Waals surface area contributed by atoms with Crippen LogP contribution in [0.2, 0.25) is 0 Å². The van der Waals surface area contributed by atoms with Crippen LogP contribution < -0.4 is 0 Å². The number of hydrogen-bond donors (Lipinski definition) is 0. The van der Waals surface area contributed by atoms with E-state index in [0.29, 0.717) is 0 Å². The zero-order valence-electron chi connectivity index (χ0n) is 11.8. The second kappa shape index (κ2) is 4.42. The van der Waals surface area contributed by atoms with Gasteiger partial charge in [-0.05, 0) is 40.8 Å². The molecule has 1 aliphatic carbocycles. The van der Waals surface area contributed by atoms with Gasteiger partial charge in [-0.2, -0.15) is 0 Å². The van der Waals surface area contributed by atoms with Crippen LogP contribution in [0.15, 0.2) is 66.7 Å². The van der Waals surface area contributed by atoms with Gasteiger partial charge in [-0.15, -0.1) is 0 Å². The minimum atomic E-state index is 0.140. The molecule has 4 rings (SSSR count). The molecule has 0 fully saturated rings. The summed E-state index contributed by atoms with van der Waals surface area (Å²) < 4.78 is 0. The van der Waals surface area contributed by atoms with E-state index in [0.717, 1.165) is 38.9 Å².